The van der Waals surface area contributed by atoms with Gasteiger partial charge >= 0.3 is 0 Å². The van der Waals surface area contributed by atoms with Gasteiger partial charge in [0.1, 0.15) is 5.75 Å². The molecule has 2 aromatic carbocycles. The number of rotatable bonds is 5. The van der Waals surface area contributed by atoms with Crippen molar-refractivity contribution >= 4 is 17.5 Å². The van der Waals surface area contributed by atoms with Crippen LogP contribution < -0.4 is 19.5 Å². The van der Waals surface area contributed by atoms with Crippen molar-refractivity contribution < 1.29 is 19.0 Å². The summed E-state index contributed by atoms with van der Waals surface area (Å²) in [6.45, 7) is 2.47. The van der Waals surface area contributed by atoms with E-state index in [0.717, 1.165) is 16.9 Å². The predicted octanol–water partition coefficient (Wildman–Crippen LogP) is 3.07. The molecule has 2 aromatic rings. The van der Waals surface area contributed by atoms with Gasteiger partial charge in [-0.15, -0.1) is 0 Å². The Balaban J connectivity index is 1.51. The van der Waals surface area contributed by atoms with Gasteiger partial charge in [-0.25, -0.2) is 0 Å². The topological polar surface area (TPSA) is 56.8 Å². The van der Waals surface area contributed by atoms with Crippen LogP contribution in [0.5, 0.6) is 17.2 Å². The van der Waals surface area contributed by atoms with Gasteiger partial charge in [-0.2, -0.15) is 0 Å². The highest BCUT2D eigenvalue weighted by Crippen LogP contribution is 2.32. The number of aryl methyl sites for hydroxylation is 1. The summed E-state index contributed by atoms with van der Waals surface area (Å²) in [5.41, 5.74) is 1.95. The first-order valence-electron chi connectivity index (χ1n) is 7.16. The summed E-state index contributed by atoms with van der Waals surface area (Å²) in [5.74, 6) is 1.70. The zero-order valence-electron chi connectivity index (χ0n) is 12.6. The van der Waals surface area contributed by atoms with Gasteiger partial charge in [0.25, 0.3) is 5.91 Å². The van der Waals surface area contributed by atoms with Gasteiger partial charge in [0.05, 0.1) is 5.02 Å². The minimum absolute atomic E-state index is 0.0896. The first-order chi connectivity index (χ1) is 11.1. The van der Waals surface area contributed by atoms with Crippen LogP contribution in [-0.4, -0.2) is 19.3 Å². The Morgan fingerprint density at radius 2 is 2.04 bits per heavy atom. The third kappa shape index (κ3) is 3.87. The zero-order valence-corrected chi connectivity index (χ0v) is 13.4. The lowest BCUT2D eigenvalue weighted by atomic mass is 10.2. The maximum atomic E-state index is 11.9. The summed E-state index contributed by atoms with van der Waals surface area (Å²) >= 11 is 6.02. The van der Waals surface area contributed by atoms with Crippen LogP contribution in [0.1, 0.15) is 11.1 Å². The van der Waals surface area contributed by atoms with E-state index in [2.05, 4.69) is 5.32 Å². The molecule has 0 aliphatic carbocycles. The van der Waals surface area contributed by atoms with E-state index in [-0.39, 0.29) is 19.3 Å². The number of carbonyl (C=O) groups is 1. The van der Waals surface area contributed by atoms with Crippen molar-refractivity contribution in [3.8, 4) is 17.2 Å². The first-order valence-corrected chi connectivity index (χ1v) is 7.54. The quantitative estimate of drug-likeness (QED) is 0.913. The number of nitrogens with one attached hydrogen (secondary N) is 1. The van der Waals surface area contributed by atoms with Gasteiger partial charge in [0.15, 0.2) is 18.1 Å². The molecule has 0 saturated carbocycles. The van der Waals surface area contributed by atoms with E-state index in [4.69, 9.17) is 25.8 Å². The fourth-order valence-corrected chi connectivity index (χ4v) is 2.34. The van der Waals surface area contributed by atoms with Gasteiger partial charge in [-0.1, -0.05) is 23.7 Å². The number of hydrogen-bond donors (Lipinski definition) is 1. The number of carbonyl (C=O) groups excluding carboxylic acids is 1. The van der Waals surface area contributed by atoms with E-state index in [1.54, 1.807) is 12.1 Å². The van der Waals surface area contributed by atoms with Crippen molar-refractivity contribution in [1.29, 1.82) is 0 Å². The standard InChI is InChI=1S/C17H16ClNO4/c1-11-2-4-13(18)15(6-11)21-9-17(20)19-8-12-3-5-14-16(7-12)23-10-22-14/h2-7H,8-10H2,1H3,(H,19,20). The molecule has 1 aliphatic heterocycles. The highest BCUT2D eigenvalue weighted by Gasteiger charge is 2.13. The van der Waals surface area contributed by atoms with Crippen LogP contribution >= 0.6 is 11.6 Å². The van der Waals surface area contributed by atoms with E-state index in [0.29, 0.717) is 23.1 Å². The lowest BCUT2D eigenvalue weighted by molar-refractivity contribution is -0.123. The Morgan fingerprint density at radius 1 is 1.22 bits per heavy atom. The molecule has 1 aliphatic rings. The monoisotopic (exact) mass is 333 g/mol. The smallest absolute Gasteiger partial charge is 0.258 e. The molecule has 0 spiro atoms. The van der Waals surface area contributed by atoms with Gasteiger partial charge < -0.3 is 19.5 Å². The molecule has 0 unspecified atom stereocenters. The average molecular weight is 334 g/mol. The normalized spacial score (nSPS) is 12.1. The second-order valence-corrected chi connectivity index (χ2v) is 5.59. The van der Waals surface area contributed by atoms with Crippen LogP contribution in [0.15, 0.2) is 36.4 Å². The van der Waals surface area contributed by atoms with E-state index in [1.165, 1.54) is 0 Å². The van der Waals surface area contributed by atoms with Crippen molar-refractivity contribution in [3.63, 3.8) is 0 Å². The van der Waals surface area contributed by atoms with Crippen molar-refractivity contribution in [3.05, 3.63) is 52.5 Å². The average Bonchev–Trinajstić information content (AvgIpc) is 3.01. The number of hydrogen-bond acceptors (Lipinski definition) is 4. The molecule has 0 atom stereocenters. The Morgan fingerprint density at radius 3 is 2.91 bits per heavy atom. The van der Waals surface area contributed by atoms with Gasteiger partial charge in [0, 0.05) is 6.54 Å². The maximum Gasteiger partial charge on any atom is 0.258 e. The third-order valence-electron chi connectivity index (χ3n) is 3.37. The molecule has 0 fully saturated rings. The van der Waals surface area contributed by atoms with Crippen LogP contribution in [0.4, 0.5) is 0 Å². The van der Waals surface area contributed by atoms with Crippen LogP contribution in [0.2, 0.25) is 5.02 Å². The second kappa shape index (κ2) is 6.79. The van der Waals surface area contributed by atoms with Crippen LogP contribution in [-0.2, 0) is 11.3 Å². The molecule has 3 rings (SSSR count). The number of fused-ring (bicyclic) bond motifs is 1. The molecule has 0 bridgehead atoms. The van der Waals surface area contributed by atoms with Gasteiger partial charge in [-0.05, 0) is 42.3 Å². The number of amides is 1. The molecule has 1 heterocycles. The van der Waals surface area contributed by atoms with Crippen molar-refractivity contribution in [2.24, 2.45) is 0 Å². The van der Waals surface area contributed by atoms with E-state index in [1.807, 2.05) is 31.2 Å². The van der Waals surface area contributed by atoms with Crippen LogP contribution in [0, 0.1) is 6.92 Å². The van der Waals surface area contributed by atoms with Crippen molar-refractivity contribution in [1.82, 2.24) is 5.32 Å². The highest BCUT2D eigenvalue weighted by molar-refractivity contribution is 6.32. The number of ether oxygens (including phenoxy) is 3. The first kappa shape index (κ1) is 15.5. The lowest BCUT2D eigenvalue weighted by Crippen LogP contribution is -2.28. The minimum atomic E-state index is -0.222. The fraction of sp³-hybridized carbons (Fsp3) is 0.235. The number of halogens is 1. The Bertz CT molecular complexity index is 733. The Labute approximate surface area is 139 Å². The molecule has 0 saturated heterocycles. The largest absolute Gasteiger partial charge is 0.482 e. The molecule has 0 aromatic heterocycles. The van der Waals surface area contributed by atoms with E-state index < -0.39 is 0 Å². The predicted molar refractivity (Wildman–Crippen MR) is 86.1 cm³/mol. The third-order valence-corrected chi connectivity index (χ3v) is 3.68. The molecule has 23 heavy (non-hydrogen) atoms. The summed E-state index contributed by atoms with van der Waals surface area (Å²) < 4.78 is 16.0. The Hall–Kier alpha value is -2.40. The van der Waals surface area contributed by atoms with Crippen LogP contribution in [0.3, 0.4) is 0 Å². The van der Waals surface area contributed by atoms with Gasteiger partial charge in [0.2, 0.25) is 6.79 Å². The van der Waals surface area contributed by atoms with E-state index >= 15 is 0 Å². The lowest BCUT2D eigenvalue weighted by Gasteiger charge is -2.10. The summed E-state index contributed by atoms with van der Waals surface area (Å²) in [6, 6.07) is 11.0. The molecule has 1 amide bonds. The molecular weight excluding hydrogens is 318 g/mol. The molecule has 0 radical (unpaired) electrons. The summed E-state index contributed by atoms with van der Waals surface area (Å²) in [7, 11) is 0. The van der Waals surface area contributed by atoms with Crippen molar-refractivity contribution in [2.75, 3.05) is 13.4 Å². The van der Waals surface area contributed by atoms with Crippen molar-refractivity contribution in [2.45, 2.75) is 13.5 Å². The van der Waals surface area contributed by atoms with Gasteiger partial charge in [-0.3, -0.25) is 4.79 Å². The molecule has 5 nitrogen and oxygen atoms in total. The SMILES string of the molecule is Cc1ccc(Cl)c(OCC(=O)NCc2ccc3c(c2)OCO3)c1. The molecule has 1 N–H and O–H groups in total. The van der Waals surface area contributed by atoms with Crippen LogP contribution in [0.25, 0.3) is 0 Å². The maximum absolute atomic E-state index is 11.9. The Kier molecular flexibility index (Phi) is 4.57. The highest BCUT2D eigenvalue weighted by atomic mass is 35.5. The second-order valence-electron chi connectivity index (χ2n) is 5.19. The molecule has 120 valence electrons. The summed E-state index contributed by atoms with van der Waals surface area (Å²) in [5, 5.41) is 3.28. The number of benzene rings is 2. The molecule has 6 heteroatoms. The zero-order chi connectivity index (χ0) is 16.2. The fourth-order valence-electron chi connectivity index (χ4n) is 2.17. The summed E-state index contributed by atoms with van der Waals surface area (Å²) in [4.78, 5) is 11.9. The minimum Gasteiger partial charge on any atom is -0.482 e. The van der Waals surface area contributed by atoms with E-state index in [9.17, 15) is 4.79 Å². The summed E-state index contributed by atoms with van der Waals surface area (Å²) in [6.07, 6.45) is 0. The molecular formula is C17H16ClNO4.